The molecular formula is C16H25FN2. The smallest absolute Gasteiger partial charge is 0.126 e. The third-order valence-corrected chi connectivity index (χ3v) is 4.08. The van der Waals surface area contributed by atoms with Gasteiger partial charge in [-0.15, -0.1) is 0 Å². The van der Waals surface area contributed by atoms with Crippen LogP contribution in [0.5, 0.6) is 0 Å². The Morgan fingerprint density at radius 2 is 2.21 bits per heavy atom. The number of likely N-dealkylation sites (tertiary alicyclic amines) is 1. The predicted molar refractivity (Wildman–Crippen MR) is 77.7 cm³/mol. The van der Waals surface area contributed by atoms with Crippen LogP contribution in [0.3, 0.4) is 0 Å². The molecule has 19 heavy (non-hydrogen) atoms. The minimum absolute atomic E-state index is 0.103. The minimum atomic E-state index is -0.103. The Balaban J connectivity index is 1.99. The van der Waals surface area contributed by atoms with Gasteiger partial charge in [0.1, 0.15) is 5.82 Å². The molecule has 2 nitrogen and oxygen atoms in total. The molecule has 0 spiro atoms. The molecule has 106 valence electrons. The fourth-order valence-corrected chi connectivity index (χ4v) is 2.95. The highest BCUT2D eigenvalue weighted by atomic mass is 19.1. The maximum Gasteiger partial charge on any atom is 0.126 e. The summed E-state index contributed by atoms with van der Waals surface area (Å²) in [5.74, 6) is -0.103. The van der Waals surface area contributed by atoms with Crippen molar-refractivity contribution in [1.82, 2.24) is 10.2 Å². The van der Waals surface area contributed by atoms with Crippen molar-refractivity contribution in [3.05, 3.63) is 35.1 Å². The van der Waals surface area contributed by atoms with Gasteiger partial charge in [-0.3, -0.25) is 4.90 Å². The van der Waals surface area contributed by atoms with Gasteiger partial charge in [0.05, 0.1) is 0 Å². The number of piperidine rings is 1. The van der Waals surface area contributed by atoms with Crippen LogP contribution in [-0.4, -0.2) is 31.1 Å². The van der Waals surface area contributed by atoms with E-state index >= 15 is 0 Å². The van der Waals surface area contributed by atoms with E-state index in [1.54, 1.807) is 6.07 Å². The maximum absolute atomic E-state index is 13.3. The normalized spacial score (nSPS) is 20.7. The molecule has 1 fully saturated rings. The van der Waals surface area contributed by atoms with Crippen LogP contribution in [0.2, 0.25) is 0 Å². The molecule has 0 aromatic heterocycles. The van der Waals surface area contributed by atoms with Crippen LogP contribution >= 0.6 is 0 Å². The van der Waals surface area contributed by atoms with Crippen molar-refractivity contribution in [3.8, 4) is 0 Å². The van der Waals surface area contributed by atoms with Crippen molar-refractivity contribution in [2.24, 2.45) is 0 Å². The molecule has 1 atom stereocenters. The van der Waals surface area contributed by atoms with Crippen molar-refractivity contribution >= 4 is 0 Å². The van der Waals surface area contributed by atoms with Gasteiger partial charge in [0.2, 0.25) is 0 Å². The lowest BCUT2D eigenvalue weighted by Gasteiger charge is -2.36. The van der Waals surface area contributed by atoms with Gasteiger partial charge >= 0.3 is 0 Å². The van der Waals surface area contributed by atoms with Gasteiger partial charge in [0, 0.05) is 12.6 Å². The summed E-state index contributed by atoms with van der Waals surface area (Å²) < 4.78 is 13.3. The summed E-state index contributed by atoms with van der Waals surface area (Å²) >= 11 is 0. The molecule has 0 saturated carbocycles. The molecule has 1 aliphatic rings. The van der Waals surface area contributed by atoms with Crippen molar-refractivity contribution in [2.45, 2.75) is 45.2 Å². The average Bonchev–Trinajstić information content (AvgIpc) is 2.42. The lowest BCUT2D eigenvalue weighted by atomic mass is 9.98. The first-order valence-electron chi connectivity index (χ1n) is 7.34. The van der Waals surface area contributed by atoms with Gasteiger partial charge in [-0.1, -0.05) is 18.6 Å². The third-order valence-electron chi connectivity index (χ3n) is 4.08. The van der Waals surface area contributed by atoms with E-state index < -0.39 is 0 Å². The first kappa shape index (κ1) is 14.5. The van der Waals surface area contributed by atoms with E-state index in [1.807, 2.05) is 26.1 Å². The molecule has 2 rings (SSSR count). The van der Waals surface area contributed by atoms with E-state index in [-0.39, 0.29) is 5.82 Å². The Kier molecular flexibility index (Phi) is 5.34. The lowest BCUT2D eigenvalue weighted by molar-refractivity contribution is 0.132. The molecule has 0 aliphatic carbocycles. The summed E-state index contributed by atoms with van der Waals surface area (Å²) in [5, 5.41) is 3.24. The Morgan fingerprint density at radius 1 is 1.37 bits per heavy atom. The second-order valence-corrected chi connectivity index (χ2v) is 5.60. The maximum atomic E-state index is 13.3. The Hall–Kier alpha value is -0.930. The van der Waals surface area contributed by atoms with E-state index in [2.05, 4.69) is 10.2 Å². The molecule has 0 radical (unpaired) electrons. The van der Waals surface area contributed by atoms with Crippen molar-refractivity contribution in [3.63, 3.8) is 0 Å². The molecule has 1 aromatic carbocycles. The van der Waals surface area contributed by atoms with Gasteiger partial charge < -0.3 is 5.32 Å². The van der Waals surface area contributed by atoms with Crippen LogP contribution in [-0.2, 0) is 6.54 Å². The second kappa shape index (κ2) is 7.01. The minimum Gasteiger partial charge on any atom is -0.320 e. The molecule has 1 unspecified atom stereocenters. The number of aryl methyl sites for hydroxylation is 1. The largest absolute Gasteiger partial charge is 0.320 e. The highest BCUT2D eigenvalue weighted by Gasteiger charge is 2.21. The van der Waals surface area contributed by atoms with Crippen LogP contribution in [0.4, 0.5) is 4.39 Å². The summed E-state index contributed by atoms with van der Waals surface area (Å²) in [4.78, 5) is 2.56. The van der Waals surface area contributed by atoms with Crippen LogP contribution in [0.15, 0.2) is 18.2 Å². The van der Waals surface area contributed by atoms with Crippen molar-refractivity contribution in [2.75, 3.05) is 20.1 Å². The van der Waals surface area contributed by atoms with Gasteiger partial charge in [-0.2, -0.15) is 0 Å². The number of rotatable bonds is 5. The van der Waals surface area contributed by atoms with E-state index in [9.17, 15) is 4.39 Å². The van der Waals surface area contributed by atoms with Gasteiger partial charge in [0.15, 0.2) is 0 Å². The van der Waals surface area contributed by atoms with Crippen molar-refractivity contribution in [1.29, 1.82) is 0 Å². The van der Waals surface area contributed by atoms with Gasteiger partial charge in [-0.25, -0.2) is 4.39 Å². The Bertz CT molecular complexity index is 406. The number of hydrogen-bond donors (Lipinski definition) is 1. The molecular weight excluding hydrogens is 239 g/mol. The fourth-order valence-electron chi connectivity index (χ4n) is 2.95. The SMILES string of the molecule is CNCCC1CCCCN1Cc1ccc(F)c(C)c1. The standard InChI is InChI=1S/C16H25FN2/c1-13-11-14(6-7-16(13)17)12-19-10-4-3-5-15(19)8-9-18-2/h6-7,11,15,18H,3-5,8-10,12H2,1-2H3. The van der Waals surface area contributed by atoms with Crippen LogP contribution in [0.25, 0.3) is 0 Å². The second-order valence-electron chi connectivity index (χ2n) is 5.60. The Labute approximate surface area is 116 Å². The number of halogens is 1. The van der Waals surface area contributed by atoms with Crippen LogP contribution < -0.4 is 5.32 Å². The molecule has 3 heteroatoms. The number of benzene rings is 1. The monoisotopic (exact) mass is 264 g/mol. The average molecular weight is 264 g/mol. The molecule has 1 N–H and O–H groups in total. The zero-order valence-electron chi connectivity index (χ0n) is 12.1. The van der Waals surface area contributed by atoms with E-state index in [0.717, 1.165) is 18.7 Å². The van der Waals surface area contributed by atoms with E-state index in [4.69, 9.17) is 0 Å². The first-order valence-corrected chi connectivity index (χ1v) is 7.34. The summed E-state index contributed by atoms with van der Waals surface area (Å²) in [6.07, 6.45) is 5.13. The Morgan fingerprint density at radius 3 is 2.95 bits per heavy atom. The molecule has 1 saturated heterocycles. The molecule has 0 amide bonds. The van der Waals surface area contributed by atoms with Crippen LogP contribution in [0, 0.1) is 12.7 Å². The van der Waals surface area contributed by atoms with Gasteiger partial charge in [0.25, 0.3) is 0 Å². The zero-order valence-corrected chi connectivity index (χ0v) is 12.1. The highest BCUT2D eigenvalue weighted by Crippen LogP contribution is 2.22. The molecule has 1 heterocycles. The zero-order chi connectivity index (χ0) is 13.7. The quantitative estimate of drug-likeness (QED) is 0.879. The van der Waals surface area contributed by atoms with Crippen LogP contribution in [0.1, 0.15) is 36.8 Å². The van der Waals surface area contributed by atoms with E-state index in [1.165, 1.54) is 37.8 Å². The summed E-state index contributed by atoms with van der Waals surface area (Å²) in [7, 11) is 2.01. The first-order chi connectivity index (χ1) is 9.20. The van der Waals surface area contributed by atoms with Crippen molar-refractivity contribution < 1.29 is 4.39 Å². The fraction of sp³-hybridized carbons (Fsp3) is 0.625. The number of nitrogens with one attached hydrogen (secondary N) is 1. The summed E-state index contributed by atoms with van der Waals surface area (Å²) in [6.45, 7) is 5.04. The topological polar surface area (TPSA) is 15.3 Å². The third kappa shape index (κ3) is 4.02. The molecule has 1 aliphatic heterocycles. The number of nitrogens with zero attached hydrogens (tertiary/aromatic N) is 1. The molecule has 0 bridgehead atoms. The summed E-state index contributed by atoms with van der Waals surface area (Å²) in [5.41, 5.74) is 1.98. The summed E-state index contributed by atoms with van der Waals surface area (Å²) in [6, 6.07) is 6.18. The molecule has 1 aromatic rings. The van der Waals surface area contributed by atoms with E-state index in [0.29, 0.717) is 6.04 Å². The highest BCUT2D eigenvalue weighted by molar-refractivity contribution is 5.24. The lowest BCUT2D eigenvalue weighted by Crippen LogP contribution is -2.40. The predicted octanol–water partition coefficient (Wildman–Crippen LogP) is 3.10. The number of hydrogen-bond acceptors (Lipinski definition) is 2. The van der Waals surface area contributed by atoms with Gasteiger partial charge in [-0.05, 0) is 63.5 Å².